The Morgan fingerprint density at radius 3 is 2.08 bits per heavy atom. The number of primary amides is 1. The average molecular weight is 1670 g/mol. The van der Waals surface area contributed by atoms with Crippen molar-refractivity contribution < 1.29 is 80.1 Å². The zero-order valence-corrected chi connectivity index (χ0v) is 68.8. The van der Waals surface area contributed by atoms with Gasteiger partial charge in [0.25, 0.3) is 15.6 Å². The van der Waals surface area contributed by atoms with E-state index < -0.39 is 142 Å². The van der Waals surface area contributed by atoms with Gasteiger partial charge in [0, 0.05) is 110 Å². The lowest BCUT2D eigenvalue weighted by Crippen LogP contribution is -2.58. The number of likely N-dealkylation sites (tertiary alicyclic amines) is 1. The molecule has 3 aromatic heterocycles. The summed E-state index contributed by atoms with van der Waals surface area (Å²) in [4.78, 5) is 179. The predicted octanol–water partition coefficient (Wildman–Crippen LogP) is 5.60. The number of urea groups is 3. The van der Waals surface area contributed by atoms with Crippen molar-refractivity contribution in [1.82, 2.24) is 66.0 Å². The second-order valence-electron chi connectivity index (χ2n) is 30.8. The number of ether oxygens (including phenoxy) is 2. The number of hydrogen-bond donors (Lipinski definition) is 12. The molecule has 11 amide bonds. The number of benzene rings is 4. The number of anilines is 4. The summed E-state index contributed by atoms with van der Waals surface area (Å²) in [6, 6.07) is 16.5. The number of carboxylic acids is 1. The Morgan fingerprint density at radius 2 is 1.40 bits per heavy atom. The van der Waals surface area contributed by atoms with Crippen LogP contribution in [0.2, 0.25) is 0 Å². The summed E-state index contributed by atoms with van der Waals surface area (Å²) < 4.78 is 58.5. The highest BCUT2D eigenvalue weighted by Crippen LogP contribution is 2.47. The summed E-state index contributed by atoms with van der Waals surface area (Å²) in [6.07, 6.45) is 3.94. The van der Waals surface area contributed by atoms with Gasteiger partial charge in [-0.2, -0.15) is 0 Å². The van der Waals surface area contributed by atoms with Gasteiger partial charge in [0.15, 0.2) is 0 Å². The molecule has 0 spiro atoms. The van der Waals surface area contributed by atoms with Crippen LogP contribution in [0.4, 0.5) is 41.5 Å². The van der Waals surface area contributed by atoms with Gasteiger partial charge < -0.3 is 87.4 Å². The minimum Gasteiger partial charge on any atom is -0.481 e. The number of carboxylic acid groups (broad SMARTS) is 1. The number of carbonyl (C=O) groups excluding carboxylic acids is 10. The van der Waals surface area contributed by atoms with Crippen LogP contribution in [0.3, 0.4) is 0 Å². The summed E-state index contributed by atoms with van der Waals surface area (Å²) in [5, 5.41) is 35.1. The first-order valence-electron chi connectivity index (χ1n) is 39.7. The molecule has 1 saturated heterocycles. The second-order valence-corrected chi connectivity index (χ2v) is 32.5. The van der Waals surface area contributed by atoms with E-state index in [0.29, 0.717) is 110 Å². The number of cyclic esters (lactones) is 1. The van der Waals surface area contributed by atoms with Crippen molar-refractivity contribution in [2.75, 3.05) is 101 Å². The molecule has 35 nitrogen and oxygen atoms in total. The van der Waals surface area contributed by atoms with Crippen molar-refractivity contribution in [2.24, 2.45) is 11.7 Å². The number of likely N-dealkylation sites (N-methyl/N-ethyl adjacent to an activating group) is 3. The van der Waals surface area contributed by atoms with Crippen LogP contribution in [0.15, 0.2) is 119 Å². The van der Waals surface area contributed by atoms with E-state index >= 15 is 4.39 Å². The Balaban J connectivity index is 0.624. The van der Waals surface area contributed by atoms with Crippen LogP contribution < -0.4 is 63.9 Å². The Bertz CT molecular complexity index is 5270. The number of aromatic nitrogens is 3. The number of pyridine rings is 3. The highest BCUT2D eigenvalue weighted by Gasteiger charge is 2.52. The summed E-state index contributed by atoms with van der Waals surface area (Å²) in [5.41, 5.74) is 8.35. The van der Waals surface area contributed by atoms with Gasteiger partial charge in [-0.05, 0) is 173 Å². The van der Waals surface area contributed by atoms with Crippen LogP contribution in [0.1, 0.15) is 129 Å². The van der Waals surface area contributed by atoms with Gasteiger partial charge in [0.05, 0.1) is 71.8 Å². The predicted molar refractivity (Wildman–Crippen MR) is 442 cm³/mol. The standard InChI is InChI=1S/C83H101FN18O17S/c1-9-27-87-80(113)91-53-15-12-17-55(39-53)120(116,117)97-54-16-11-14-50(38-54)62(43-70(106)107)95-82(115)90-52-21-19-51(20-22-52)89-81(114)88-30-32-98(6)33-34-99(7)35-36-100(8)45-69(105)93-64(42-67(85)103)77(110)101-31-13-18-65(101)75(108)96-73(47(3)4)78(111)119-83(10-2)59-40-66-74-57(44-102(66)76(109)58(59)46-118-79(83)112)72-61(92-68(104)37-49-25-28-86-29-26-49)24-23-56-48(5)60(84)41-63(94-74)71(56)72/h11-12,14-17,19-22,25-26,28-29,38-41,47,61-62,64-65,73,97H,9-10,13,18,23-24,27,30-37,42-46H2,1-8H3,(H2,85,103)(H,92,104)(H,93,105)(H,96,108)(H,106,107)(H2,87,91,113)(H2,88,89,114)(H2,90,95,115). The Hall–Kier alpha value is -12.5. The molecule has 1 fully saturated rings. The summed E-state index contributed by atoms with van der Waals surface area (Å²) in [5.74, 6) is -7.72. The summed E-state index contributed by atoms with van der Waals surface area (Å²) >= 11 is 0. The molecule has 6 unspecified atom stereocenters. The molecule has 6 heterocycles. The van der Waals surface area contributed by atoms with Gasteiger partial charge in [0.2, 0.25) is 35.1 Å². The first kappa shape index (κ1) is 88.3. The molecule has 120 heavy (non-hydrogen) atoms. The van der Waals surface area contributed by atoms with Gasteiger partial charge in [-0.3, -0.25) is 48.2 Å². The molecule has 7 aromatic rings. The number of nitrogens with two attached hydrogens (primary N) is 1. The van der Waals surface area contributed by atoms with Gasteiger partial charge in [-0.25, -0.2) is 41.8 Å². The number of nitrogens with zero attached hydrogens (tertiary/aromatic N) is 7. The Morgan fingerprint density at radius 1 is 0.742 bits per heavy atom. The number of amides is 11. The van der Waals surface area contributed by atoms with Crippen molar-refractivity contribution in [3.05, 3.63) is 170 Å². The number of nitrogens with one attached hydrogen (secondary N) is 10. The maximum Gasteiger partial charge on any atom is 0.355 e. The van der Waals surface area contributed by atoms with Crippen molar-refractivity contribution in [1.29, 1.82) is 0 Å². The Kier molecular flexibility index (Phi) is 28.7. The molecular formula is C83H101FN18O17S. The zero-order chi connectivity index (χ0) is 86.4. The Labute approximate surface area is 692 Å². The normalized spacial score (nSPS) is 16.5. The quantitative estimate of drug-likeness (QED) is 0.0213. The fourth-order valence-electron chi connectivity index (χ4n) is 15.3. The van der Waals surface area contributed by atoms with Gasteiger partial charge in [-0.15, -0.1) is 0 Å². The number of halogens is 1. The van der Waals surface area contributed by atoms with Crippen molar-refractivity contribution >= 4 is 109 Å². The van der Waals surface area contributed by atoms with Crippen LogP contribution in [0.5, 0.6) is 0 Å². The highest BCUT2D eigenvalue weighted by atomic mass is 32.2. The highest BCUT2D eigenvalue weighted by molar-refractivity contribution is 7.92. The third-order valence-corrected chi connectivity index (χ3v) is 23.0. The molecule has 0 saturated carbocycles. The molecule has 1 aliphatic carbocycles. The molecular weight excluding hydrogens is 1570 g/mol. The molecule has 0 bridgehead atoms. The molecule has 0 radical (unpaired) electrons. The van der Waals surface area contributed by atoms with Crippen LogP contribution in [0, 0.1) is 18.7 Å². The lowest BCUT2D eigenvalue weighted by Gasteiger charge is -2.37. The van der Waals surface area contributed by atoms with Crippen molar-refractivity contribution in [2.45, 2.75) is 146 Å². The first-order valence-corrected chi connectivity index (χ1v) is 41.2. The number of carbonyl (C=O) groups is 11. The third kappa shape index (κ3) is 21.3. The minimum atomic E-state index is -4.20. The van der Waals surface area contributed by atoms with Gasteiger partial charge in [0.1, 0.15) is 30.5 Å². The fraction of sp³-hybridized carbons (Fsp3) is 0.422. The van der Waals surface area contributed by atoms with Crippen molar-refractivity contribution in [3.63, 3.8) is 0 Å². The van der Waals surface area contributed by atoms with Gasteiger partial charge >= 0.3 is 36.0 Å². The molecule has 4 aromatic carbocycles. The SMILES string of the molecule is CCCNC(=O)Nc1cccc(S(=O)(=O)Nc2cccc(C(CC(=O)O)NC(=O)Nc3ccc(NC(=O)NCCN(C)CCN(C)CCN(C)CC(=O)NC(CC(N)=O)C(=O)N4CCCC4C(=O)NC(C(=O)OC4(CC)C(=O)OCc5c4cc4n(c5=O)Cc5c-4nc4cc(F)c(C)c6c4c5C(NC(=O)Cc4ccncc4)CC6)C(C)C)cc3)c2)c1. The maximum atomic E-state index is 15.8. The number of aryl methyl sites for hydroxylation is 1. The van der Waals surface area contributed by atoms with Gasteiger partial charge in [-0.1, -0.05) is 45.9 Å². The monoisotopic (exact) mass is 1670 g/mol. The molecule has 37 heteroatoms. The molecule has 638 valence electrons. The van der Waals surface area contributed by atoms with E-state index in [2.05, 4.69) is 57.6 Å². The third-order valence-electron chi connectivity index (χ3n) is 21.6. The molecule has 6 atom stereocenters. The van der Waals surface area contributed by atoms with Crippen LogP contribution in [-0.4, -0.2) is 211 Å². The molecule has 4 aliphatic rings. The van der Waals surface area contributed by atoms with Crippen LogP contribution in [-0.2, 0) is 89.4 Å². The number of hydrogen-bond acceptors (Lipinski definition) is 21. The van der Waals surface area contributed by atoms with E-state index in [1.165, 1.54) is 76.2 Å². The number of aliphatic carboxylic acids is 1. The molecule has 3 aliphatic heterocycles. The van der Waals surface area contributed by atoms with E-state index in [9.17, 15) is 71.1 Å². The largest absolute Gasteiger partial charge is 0.481 e. The number of fused-ring (bicyclic) bond motifs is 5. The van der Waals surface area contributed by atoms with E-state index in [0.717, 1.165) is 11.1 Å². The first-order chi connectivity index (χ1) is 57.2. The van der Waals surface area contributed by atoms with E-state index in [1.54, 1.807) is 82.4 Å². The summed E-state index contributed by atoms with van der Waals surface area (Å²) in [6.45, 7) is 11.1. The topological polar surface area (TPSA) is 468 Å². The molecule has 11 rings (SSSR count). The average Bonchev–Trinajstić information content (AvgIpc) is 1.52. The van der Waals surface area contributed by atoms with E-state index in [-0.39, 0.29) is 90.0 Å². The lowest BCUT2D eigenvalue weighted by molar-refractivity contribution is -0.191. The van der Waals surface area contributed by atoms with E-state index in [1.807, 2.05) is 30.8 Å². The number of sulfonamides is 1. The van der Waals surface area contributed by atoms with Crippen LogP contribution in [0.25, 0.3) is 22.3 Å². The van der Waals surface area contributed by atoms with Crippen LogP contribution >= 0.6 is 0 Å². The zero-order valence-electron chi connectivity index (χ0n) is 68.0. The fourth-order valence-corrected chi connectivity index (χ4v) is 16.4. The maximum absolute atomic E-state index is 15.8. The number of rotatable bonds is 36. The minimum absolute atomic E-state index is 0.00733. The smallest absolute Gasteiger partial charge is 0.355 e. The second kappa shape index (κ2) is 38.9. The number of esters is 2. The van der Waals surface area contributed by atoms with E-state index in [4.69, 9.17) is 20.2 Å². The lowest BCUT2D eigenvalue weighted by atomic mass is 9.81. The van der Waals surface area contributed by atoms with Crippen molar-refractivity contribution in [3.8, 4) is 11.4 Å². The summed E-state index contributed by atoms with van der Waals surface area (Å²) in [7, 11) is 1.29. The molecule has 13 N–H and O–H groups in total.